The summed E-state index contributed by atoms with van der Waals surface area (Å²) in [7, 11) is 0. The summed E-state index contributed by atoms with van der Waals surface area (Å²) in [5, 5.41) is 5.10. The molecular formula is C32H22. The van der Waals surface area contributed by atoms with Crippen molar-refractivity contribution < 1.29 is 0 Å². The highest BCUT2D eigenvalue weighted by Crippen LogP contribution is 2.39. The normalized spacial score (nSPS) is 11.1. The molecule has 0 amide bonds. The smallest absolute Gasteiger partial charge is 0.00987 e. The van der Waals surface area contributed by atoms with Crippen LogP contribution in [0.5, 0.6) is 0 Å². The van der Waals surface area contributed by atoms with Crippen LogP contribution in [0, 0.1) is 0 Å². The molecule has 0 fully saturated rings. The van der Waals surface area contributed by atoms with E-state index < -0.39 is 0 Å². The van der Waals surface area contributed by atoms with Crippen LogP contribution in [0.25, 0.3) is 54.9 Å². The third-order valence-corrected chi connectivity index (χ3v) is 6.28. The summed E-state index contributed by atoms with van der Waals surface area (Å²) in [6, 6.07) is 48.0. The van der Waals surface area contributed by atoms with Gasteiger partial charge < -0.3 is 0 Å². The average Bonchev–Trinajstić information content (AvgIpc) is 2.88. The molecular weight excluding hydrogens is 384 g/mol. The molecule has 0 nitrogen and oxygen atoms in total. The molecule has 6 rings (SSSR count). The molecule has 0 aliphatic carbocycles. The van der Waals surface area contributed by atoms with Gasteiger partial charge in [0.1, 0.15) is 0 Å². The van der Waals surface area contributed by atoms with Gasteiger partial charge in [-0.25, -0.2) is 0 Å². The molecule has 150 valence electrons. The summed E-state index contributed by atoms with van der Waals surface area (Å²) in [6.07, 6.45) is 0. The maximum Gasteiger partial charge on any atom is -0.00987 e. The van der Waals surface area contributed by atoms with Crippen molar-refractivity contribution in [3.8, 4) is 33.4 Å². The molecule has 0 unspecified atom stereocenters. The monoisotopic (exact) mass is 406 g/mol. The van der Waals surface area contributed by atoms with E-state index in [4.69, 9.17) is 0 Å². The van der Waals surface area contributed by atoms with Gasteiger partial charge >= 0.3 is 0 Å². The van der Waals surface area contributed by atoms with Crippen molar-refractivity contribution in [1.29, 1.82) is 0 Å². The van der Waals surface area contributed by atoms with Gasteiger partial charge in [-0.2, -0.15) is 0 Å². The number of hydrogen-bond acceptors (Lipinski definition) is 0. The van der Waals surface area contributed by atoms with Crippen molar-refractivity contribution >= 4 is 21.5 Å². The third kappa shape index (κ3) is 3.18. The van der Waals surface area contributed by atoms with Crippen LogP contribution in [0.2, 0.25) is 0 Å². The van der Waals surface area contributed by atoms with Gasteiger partial charge in [0.2, 0.25) is 0 Å². The number of rotatable bonds is 3. The lowest BCUT2D eigenvalue weighted by Crippen LogP contribution is -1.89. The zero-order chi connectivity index (χ0) is 21.3. The van der Waals surface area contributed by atoms with Gasteiger partial charge in [-0.05, 0) is 61.0 Å². The number of hydrogen-bond donors (Lipinski definition) is 0. The Morgan fingerprint density at radius 1 is 0.281 bits per heavy atom. The minimum Gasteiger partial charge on any atom is -0.0622 e. The first-order valence-corrected chi connectivity index (χ1v) is 11.0. The Morgan fingerprint density at radius 2 is 0.844 bits per heavy atom. The van der Waals surface area contributed by atoms with Crippen LogP contribution < -0.4 is 0 Å². The SMILES string of the molecule is c1ccc(-c2cc(-c3cccc4ccccc34)ccc2-c2cccc3ccccc23)cc1. The molecule has 0 bridgehead atoms. The van der Waals surface area contributed by atoms with Gasteiger partial charge in [0.15, 0.2) is 0 Å². The van der Waals surface area contributed by atoms with Gasteiger partial charge in [-0.3, -0.25) is 0 Å². The number of benzene rings is 6. The summed E-state index contributed by atoms with van der Waals surface area (Å²) in [5.41, 5.74) is 7.53. The zero-order valence-corrected chi connectivity index (χ0v) is 17.7. The van der Waals surface area contributed by atoms with E-state index in [1.807, 2.05) is 0 Å². The molecule has 0 saturated carbocycles. The Balaban J connectivity index is 1.63. The van der Waals surface area contributed by atoms with Gasteiger partial charge in [0.25, 0.3) is 0 Å². The largest absolute Gasteiger partial charge is 0.0622 e. The standard InChI is InChI=1S/C32H22/c1-2-10-25(11-3-1)32-22-26(29-18-8-14-23-12-4-6-16-27(23)29)20-21-31(32)30-19-9-15-24-13-5-7-17-28(24)30/h1-22H. The lowest BCUT2D eigenvalue weighted by atomic mass is 9.88. The summed E-state index contributed by atoms with van der Waals surface area (Å²) in [5.74, 6) is 0. The van der Waals surface area contributed by atoms with Crippen molar-refractivity contribution in [2.75, 3.05) is 0 Å². The van der Waals surface area contributed by atoms with Crippen molar-refractivity contribution in [2.45, 2.75) is 0 Å². The fourth-order valence-corrected chi connectivity index (χ4v) is 4.74. The first kappa shape index (κ1) is 18.6. The van der Waals surface area contributed by atoms with E-state index in [1.54, 1.807) is 0 Å². The molecule has 32 heavy (non-hydrogen) atoms. The van der Waals surface area contributed by atoms with Crippen molar-refractivity contribution in [2.24, 2.45) is 0 Å². The Morgan fingerprint density at radius 3 is 1.56 bits per heavy atom. The molecule has 0 heterocycles. The Bertz CT molecular complexity index is 1550. The lowest BCUT2D eigenvalue weighted by Gasteiger charge is -2.16. The van der Waals surface area contributed by atoms with E-state index >= 15 is 0 Å². The minimum absolute atomic E-state index is 1.23. The van der Waals surface area contributed by atoms with E-state index in [9.17, 15) is 0 Å². The van der Waals surface area contributed by atoms with E-state index in [1.165, 1.54) is 54.9 Å². The highest BCUT2D eigenvalue weighted by molar-refractivity contribution is 6.02. The second kappa shape index (κ2) is 7.83. The summed E-state index contributed by atoms with van der Waals surface area (Å²) in [4.78, 5) is 0. The molecule has 0 spiro atoms. The van der Waals surface area contributed by atoms with Crippen molar-refractivity contribution in [3.05, 3.63) is 133 Å². The fraction of sp³-hybridized carbons (Fsp3) is 0. The summed E-state index contributed by atoms with van der Waals surface area (Å²) >= 11 is 0. The summed E-state index contributed by atoms with van der Waals surface area (Å²) in [6.45, 7) is 0. The molecule has 6 aromatic rings. The second-order valence-corrected chi connectivity index (χ2v) is 8.18. The van der Waals surface area contributed by atoms with E-state index in [-0.39, 0.29) is 0 Å². The molecule has 0 heteroatoms. The first-order chi connectivity index (χ1) is 15.9. The average molecular weight is 407 g/mol. The predicted molar refractivity (Wildman–Crippen MR) is 138 cm³/mol. The maximum absolute atomic E-state index is 2.36. The van der Waals surface area contributed by atoms with E-state index in [0.29, 0.717) is 0 Å². The van der Waals surface area contributed by atoms with Crippen molar-refractivity contribution in [3.63, 3.8) is 0 Å². The highest BCUT2D eigenvalue weighted by Gasteiger charge is 2.13. The second-order valence-electron chi connectivity index (χ2n) is 8.18. The Hall–Kier alpha value is -4.16. The third-order valence-electron chi connectivity index (χ3n) is 6.28. The topological polar surface area (TPSA) is 0 Å². The molecule has 0 radical (unpaired) electrons. The Kier molecular flexibility index (Phi) is 4.55. The van der Waals surface area contributed by atoms with Gasteiger partial charge in [-0.1, -0.05) is 127 Å². The van der Waals surface area contributed by atoms with Gasteiger partial charge in [0, 0.05) is 0 Å². The fourth-order valence-electron chi connectivity index (χ4n) is 4.74. The minimum atomic E-state index is 1.23. The van der Waals surface area contributed by atoms with Crippen LogP contribution in [-0.2, 0) is 0 Å². The first-order valence-electron chi connectivity index (χ1n) is 11.0. The van der Waals surface area contributed by atoms with Gasteiger partial charge in [-0.15, -0.1) is 0 Å². The summed E-state index contributed by atoms with van der Waals surface area (Å²) < 4.78 is 0. The molecule has 0 aromatic heterocycles. The van der Waals surface area contributed by atoms with Crippen molar-refractivity contribution in [1.82, 2.24) is 0 Å². The highest BCUT2D eigenvalue weighted by atomic mass is 14.2. The molecule has 0 aliphatic heterocycles. The quantitative estimate of drug-likeness (QED) is 0.275. The Labute approximate surface area is 188 Å². The molecule has 0 aliphatic rings. The van der Waals surface area contributed by atoms with Gasteiger partial charge in [0.05, 0.1) is 0 Å². The molecule has 6 aromatic carbocycles. The maximum atomic E-state index is 2.36. The van der Waals surface area contributed by atoms with Crippen LogP contribution in [-0.4, -0.2) is 0 Å². The van der Waals surface area contributed by atoms with Crippen LogP contribution in [0.4, 0.5) is 0 Å². The lowest BCUT2D eigenvalue weighted by molar-refractivity contribution is 1.58. The van der Waals surface area contributed by atoms with Crippen LogP contribution in [0.15, 0.2) is 133 Å². The zero-order valence-electron chi connectivity index (χ0n) is 17.7. The number of fused-ring (bicyclic) bond motifs is 2. The van der Waals surface area contributed by atoms with Crippen LogP contribution in [0.3, 0.4) is 0 Å². The molecule has 0 N–H and O–H groups in total. The van der Waals surface area contributed by atoms with Crippen LogP contribution >= 0.6 is 0 Å². The molecule has 0 atom stereocenters. The van der Waals surface area contributed by atoms with E-state index in [0.717, 1.165) is 0 Å². The van der Waals surface area contributed by atoms with Crippen LogP contribution in [0.1, 0.15) is 0 Å². The predicted octanol–water partition coefficient (Wildman–Crippen LogP) is 8.99. The molecule has 0 saturated heterocycles. The van der Waals surface area contributed by atoms with E-state index in [2.05, 4.69) is 133 Å².